The van der Waals surface area contributed by atoms with Crippen LogP contribution in [0.3, 0.4) is 0 Å². The van der Waals surface area contributed by atoms with Crippen LogP contribution in [-0.2, 0) is 12.5 Å². The van der Waals surface area contributed by atoms with Crippen LogP contribution in [0.25, 0.3) is 11.0 Å². The normalized spacial score (nSPS) is 18.6. The number of imidazole rings is 1. The Morgan fingerprint density at radius 1 is 1.50 bits per heavy atom. The quantitative estimate of drug-likeness (QED) is 0.824. The fourth-order valence-electron chi connectivity index (χ4n) is 2.65. The molecule has 2 aromatic rings. The van der Waals surface area contributed by atoms with Gasteiger partial charge in [0.05, 0.1) is 11.7 Å². The number of hydrogen-bond acceptors (Lipinski definition) is 3. The van der Waals surface area contributed by atoms with E-state index in [1.807, 2.05) is 18.5 Å². The number of pyridine rings is 1. The van der Waals surface area contributed by atoms with Crippen molar-refractivity contribution in [2.45, 2.75) is 24.7 Å². The zero-order valence-electron chi connectivity index (χ0n) is 9.48. The summed E-state index contributed by atoms with van der Waals surface area (Å²) in [5.41, 5.74) is 8.16. The summed E-state index contributed by atoms with van der Waals surface area (Å²) in [6.45, 7) is 0.692. The van der Waals surface area contributed by atoms with Gasteiger partial charge in [-0.2, -0.15) is 0 Å². The van der Waals surface area contributed by atoms with E-state index in [4.69, 9.17) is 10.7 Å². The largest absolute Gasteiger partial charge is 0.331 e. The molecule has 2 heterocycles. The average Bonchev–Trinajstić information content (AvgIpc) is 2.57. The molecule has 2 aromatic heterocycles. The summed E-state index contributed by atoms with van der Waals surface area (Å²) >= 11 is 0. The van der Waals surface area contributed by atoms with Gasteiger partial charge >= 0.3 is 0 Å². The smallest absolute Gasteiger partial charge is 0.117 e. The van der Waals surface area contributed by atoms with Crippen LogP contribution in [0.15, 0.2) is 18.5 Å². The molecule has 0 saturated heterocycles. The highest BCUT2D eigenvalue weighted by Gasteiger charge is 2.41. The number of aryl methyl sites for hydroxylation is 1. The SMILES string of the molecule is Cn1c(C2(CN)CCC2)nc2cnccc21. The summed E-state index contributed by atoms with van der Waals surface area (Å²) in [7, 11) is 2.07. The van der Waals surface area contributed by atoms with Crippen molar-refractivity contribution < 1.29 is 0 Å². The molecule has 4 nitrogen and oxygen atoms in total. The summed E-state index contributed by atoms with van der Waals surface area (Å²) in [6.07, 6.45) is 7.21. The van der Waals surface area contributed by atoms with Gasteiger partial charge in [-0.1, -0.05) is 6.42 Å². The molecule has 1 aliphatic rings. The maximum absolute atomic E-state index is 5.92. The minimum Gasteiger partial charge on any atom is -0.331 e. The Bertz CT molecular complexity index is 519. The zero-order valence-corrected chi connectivity index (χ0v) is 9.48. The van der Waals surface area contributed by atoms with E-state index in [-0.39, 0.29) is 5.41 Å². The minimum atomic E-state index is 0.119. The molecule has 1 aliphatic carbocycles. The average molecular weight is 216 g/mol. The first-order valence-corrected chi connectivity index (χ1v) is 5.74. The van der Waals surface area contributed by atoms with Gasteiger partial charge in [-0.15, -0.1) is 0 Å². The predicted octanol–water partition coefficient (Wildman–Crippen LogP) is 1.35. The van der Waals surface area contributed by atoms with E-state index in [9.17, 15) is 0 Å². The third-order valence-corrected chi connectivity index (χ3v) is 3.86. The van der Waals surface area contributed by atoms with Crippen LogP contribution in [0.1, 0.15) is 25.1 Å². The topological polar surface area (TPSA) is 56.7 Å². The van der Waals surface area contributed by atoms with E-state index in [0.717, 1.165) is 29.7 Å². The number of hydrogen-bond donors (Lipinski definition) is 1. The molecule has 0 spiro atoms. The van der Waals surface area contributed by atoms with Gasteiger partial charge in [0.1, 0.15) is 11.3 Å². The van der Waals surface area contributed by atoms with E-state index in [0.29, 0.717) is 6.54 Å². The van der Waals surface area contributed by atoms with Crippen LogP contribution in [0, 0.1) is 0 Å². The molecule has 0 radical (unpaired) electrons. The Morgan fingerprint density at radius 2 is 2.31 bits per heavy atom. The molecule has 0 unspecified atom stereocenters. The summed E-state index contributed by atoms with van der Waals surface area (Å²) in [5, 5.41) is 0. The Balaban J connectivity index is 2.20. The van der Waals surface area contributed by atoms with E-state index in [1.165, 1.54) is 6.42 Å². The van der Waals surface area contributed by atoms with Crippen molar-refractivity contribution in [3.63, 3.8) is 0 Å². The van der Waals surface area contributed by atoms with Gasteiger partial charge in [-0.05, 0) is 18.9 Å². The molecule has 1 fully saturated rings. The second kappa shape index (κ2) is 3.28. The van der Waals surface area contributed by atoms with E-state index < -0.39 is 0 Å². The van der Waals surface area contributed by atoms with Crippen molar-refractivity contribution in [1.82, 2.24) is 14.5 Å². The number of fused-ring (bicyclic) bond motifs is 1. The molecule has 2 N–H and O–H groups in total. The number of aromatic nitrogens is 3. The van der Waals surface area contributed by atoms with Crippen molar-refractivity contribution in [3.05, 3.63) is 24.3 Å². The molecular formula is C12H16N4. The van der Waals surface area contributed by atoms with Crippen LogP contribution in [-0.4, -0.2) is 21.1 Å². The van der Waals surface area contributed by atoms with E-state index in [1.54, 1.807) is 0 Å². The van der Waals surface area contributed by atoms with Crippen molar-refractivity contribution in [1.29, 1.82) is 0 Å². The van der Waals surface area contributed by atoms with Gasteiger partial charge in [0.25, 0.3) is 0 Å². The van der Waals surface area contributed by atoms with Crippen LogP contribution in [0.5, 0.6) is 0 Å². The lowest BCUT2D eigenvalue weighted by Gasteiger charge is -2.40. The molecule has 0 aromatic carbocycles. The van der Waals surface area contributed by atoms with E-state index in [2.05, 4.69) is 16.6 Å². The second-order valence-electron chi connectivity index (χ2n) is 4.70. The molecule has 0 amide bonds. The Hall–Kier alpha value is -1.42. The van der Waals surface area contributed by atoms with Gasteiger partial charge < -0.3 is 10.3 Å². The maximum atomic E-state index is 5.92. The lowest BCUT2D eigenvalue weighted by atomic mass is 9.68. The summed E-state index contributed by atoms with van der Waals surface area (Å²) < 4.78 is 2.17. The predicted molar refractivity (Wildman–Crippen MR) is 63.1 cm³/mol. The molecular weight excluding hydrogens is 200 g/mol. The molecule has 0 aliphatic heterocycles. The second-order valence-corrected chi connectivity index (χ2v) is 4.70. The summed E-state index contributed by atoms with van der Waals surface area (Å²) in [5.74, 6) is 1.13. The van der Waals surface area contributed by atoms with Crippen molar-refractivity contribution >= 4 is 11.0 Å². The molecule has 0 bridgehead atoms. The third-order valence-electron chi connectivity index (χ3n) is 3.86. The minimum absolute atomic E-state index is 0.119. The number of nitrogens with zero attached hydrogens (tertiary/aromatic N) is 3. The lowest BCUT2D eigenvalue weighted by molar-refractivity contribution is 0.233. The molecule has 84 valence electrons. The number of nitrogens with two attached hydrogens (primary N) is 1. The van der Waals surface area contributed by atoms with Gasteiger partial charge in [0.2, 0.25) is 0 Å². The molecule has 1 saturated carbocycles. The third kappa shape index (κ3) is 1.13. The first-order valence-electron chi connectivity index (χ1n) is 5.74. The fraction of sp³-hybridized carbons (Fsp3) is 0.500. The molecule has 16 heavy (non-hydrogen) atoms. The number of rotatable bonds is 2. The van der Waals surface area contributed by atoms with Crippen molar-refractivity contribution in [2.24, 2.45) is 12.8 Å². The first-order chi connectivity index (χ1) is 7.77. The standard InChI is InChI=1S/C12H16N4/c1-16-10-3-6-14-7-9(10)15-11(16)12(8-13)4-2-5-12/h3,6-7H,2,4-5,8,13H2,1H3. The molecule has 4 heteroatoms. The van der Waals surface area contributed by atoms with Crippen LogP contribution in [0.4, 0.5) is 0 Å². The van der Waals surface area contributed by atoms with Crippen LogP contribution < -0.4 is 5.73 Å². The highest BCUT2D eigenvalue weighted by molar-refractivity contribution is 5.74. The van der Waals surface area contributed by atoms with Crippen LogP contribution >= 0.6 is 0 Å². The van der Waals surface area contributed by atoms with Crippen molar-refractivity contribution in [3.8, 4) is 0 Å². The Labute approximate surface area is 94.5 Å². The summed E-state index contributed by atoms with van der Waals surface area (Å²) in [4.78, 5) is 8.81. The van der Waals surface area contributed by atoms with Gasteiger partial charge in [-0.25, -0.2) is 4.98 Å². The van der Waals surface area contributed by atoms with Gasteiger partial charge in [0.15, 0.2) is 0 Å². The molecule has 0 atom stereocenters. The zero-order chi connectivity index (χ0) is 11.2. The first kappa shape index (κ1) is 9.78. The Kier molecular flexibility index (Phi) is 2.01. The van der Waals surface area contributed by atoms with Crippen molar-refractivity contribution in [2.75, 3.05) is 6.54 Å². The maximum Gasteiger partial charge on any atom is 0.117 e. The molecule has 3 rings (SSSR count). The fourth-order valence-corrected chi connectivity index (χ4v) is 2.65. The monoisotopic (exact) mass is 216 g/mol. The van der Waals surface area contributed by atoms with Gasteiger partial charge in [0, 0.05) is 25.2 Å². The Morgan fingerprint density at radius 3 is 2.88 bits per heavy atom. The lowest BCUT2D eigenvalue weighted by Crippen LogP contribution is -2.43. The van der Waals surface area contributed by atoms with Crippen LogP contribution in [0.2, 0.25) is 0 Å². The highest BCUT2D eigenvalue weighted by atomic mass is 15.1. The highest BCUT2D eigenvalue weighted by Crippen LogP contribution is 2.42. The van der Waals surface area contributed by atoms with Gasteiger partial charge in [-0.3, -0.25) is 4.98 Å². The van der Waals surface area contributed by atoms with E-state index >= 15 is 0 Å². The summed E-state index contributed by atoms with van der Waals surface area (Å²) in [6, 6.07) is 2.01.